The molecule has 6 heteroatoms. The maximum atomic E-state index is 9.98. The van der Waals surface area contributed by atoms with E-state index >= 15 is 0 Å². The Bertz CT molecular complexity index is 954. The summed E-state index contributed by atoms with van der Waals surface area (Å²) < 4.78 is 28.4. The van der Waals surface area contributed by atoms with Crippen molar-refractivity contribution in [2.24, 2.45) is 0 Å². The Kier molecular flexibility index (Phi) is 6.91. The van der Waals surface area contributed by atoms with Gasteiger partial charge in [-0.25, -0.2) is 0 Å². The fraction of sp³-hybridized carbons (Fsp3) is 0.250. The molecule has 0 aliphatic carbocycles. The Morgan fingerprint density at radius 2 is 1.30 bits per heavy atom. The van der Waals surface area contributed by atoms with Crippen molar-refractivity contribution in [3.8, 4) is 34.5 Å². The fourth-order valence-corrected chi connectivity index (χ4v) is 3.09. The van der Waals surface area contributed by atoms with Crippen molar-refractivity contribution in [2.45, 2.75) is 19.1 Å². The van der Waals surface area contributed by atoms with E-state index in [0.717, 1.165) is 11.3 Å². The Labute approximate surface area is 176 Å². The van der Waals surface area contributed by atoms with Gasteiger partial charge in [-0.1, -0.05) is 18.2 Å². The van der Waals surface area contributed by atoms with Crippen LogP contribution in [0.5, 0.6) is 34.5 Å². The first-order chi connectivity index (χ1) is 14.5. The van der Waals surface area contributed by atoms with Gasteiger partial charge >= 0.3 is 0 Å². The molecular formula is C24H26O6. The summed E-state index contributed by atoms with van der Waals surface area (Å²) in [7, 11) is 4.72. The predicted octanol–water partition coefficient (Wildman–Crippen LogP) is 5.01. The third-order valence-electron chi connectivity index (χ3n) is 4.66. The van der Waals surface area contributed by atoms with Gasteiger partial charge in [-0.2, -0.15) is 0 Å². The van der Waals surface area contributed by atoms with Crippen molar-refractivity contribution in [1.82, 2.24) is 0 Å². The van der Waals surface area contributed by atoms with E-state index in [9.17, 15) is 5.11 Å². The third-order valence-corrected chi connectivity index (χ3v) is 4.66. The van der Waals surface area contributed by atoms with Crippen LogP contribution in [0.15, 0.2) is 66.7 Å². The van der Waals surface area contributed by atoms with Crippen molar-refractivity contribution in [3.63, 3.8) is 0 Å². The molecule has 0 fully saturated rings. The first-order valence-corrected chi connectivity index (χ1v) is 9.53. The Balaban J connectivity index is 1.93. The number of methoxy groups -OCH3 is 3. The first kappa shape index (κ1) is 21.2. The summed E-state index contributed by atoms with van der Waals surface area (Å²) in [6, 6.07) is 19.9. The van der Waals surface area contributed by atoms with Crippen molar-refractivity contribution >= 4 is 0 Å². The second kappa shape index (κ2) is 9.78. The zero-order valence-corrected chi connectivity index (χ0v) is 17.5. The molecule has 0 bridgehead atoms. The van der Waals surface area contributed by atoms with Gasteiger partial charge in [-0.3, -0.25) is 0 Å². The molecule has 3 rings (SSSR count). The Hall–Kier alpha value is -3.54. The molecule has 1 N–H and O–H groups in total. The highest BCUT2D eigenvalue weighted by Crippen LogP contribution is 2.35. The molecular weight excluding hydrogens is 384 g/mol. The lowest BCUT2D eigenvalue weighted by molar-refractivity contribution is 0.0630. The highest BCUT2D eigenvalue weighted by Gasteiger charge is 2.25. The molecule has 0 radical (unpaired) electrons. The molecule has 0 spiro atoms. The van der Waals surface area contributed by atoms with E-state index in [4.69, 9.17) is 23.7 Å². The van der Waals surface area contributed by atoms with Crippen LogP contribution in [-0.2, 0) is 0 Å². The average Bonchev–Trinajstić information content (AvgIpc) is 2.78. The summed E-state index contributed by atoms with van der Waals surface area (Å²) in [5.41, 5.74) is 0.794. The topological polar surface area (TPSA) is 66.4 Å². The molecule has 0 saturated heterocycles. The highest BCUT2D eigenvalue weighted by atomic mass is 16.6. The van der Waals surface area contributed by atoms with Gasteiger partial charge in [0.2, 0.25) is 0 Å². The largest absolute Gasteiger partial charge is 0.504 e. The first-order valence-electron chi connectivity index (χ1n) is 9.53. The molecule has 0 aromatic heterocycles. The summed E-state index contributed by atoms with van der Waals surface area (Å²) in [6.07, 6.45) is -0.879. The number of phenols is 1. The quantitative estimate of drug-likeness (QED) is 0.535. The van der Waals surface area contributed by atoms with Crippen LogP contribution in [0.25, 0.3) is 0 Å². The second-order valence-electron chi connectivity index (χ2n) is 6.62. The molecule has 158 valence electrons. The van der Waals surface area contributed by atoms with Gasteiger partial charge in [0.15, 0.2) is 29.1 Å². The van der Waals surface area contributed by atoms with E-state index in [0.29, 0.717) is 23.0 Å². The molecule has 30 heavy (non-hydrogen) atoms. The Morgan fingerprint density at radius 3 is 1.93 bits per heavy atom. The van der Waals surface area contributed by atoms with E-state index < -0.39 is 12.2 Å². The number of benzene rings is 3. The minimum Gasteiger partial charge on any atom is -0.504 e. The van der Waals surface area contributed by atoms with Crippen LogP contribution in [0, 0.1) is 0 Å². The maximum Gasteiger partial charge on any atom is 0.161 e. The lowest BCUT2D eigenvalue weighted by Crippen LogP contribution is -2.27. The van der Waals surface area contributed by atoms with Crippen LogP contribution in [0.1, 0.15) is 18.6 Å². The van der Waals surface area contributed by atoms with E-state index in [1.54, 1.807) is 32.4 Å². The number of hydrogen-bond donors (Lipinski definition) is 1. The molecule has 2 atom stereocenters. The van der Waals surface area contributed by atoms with Gasteiger partial charge in [-0.05, 0) is 55.5 Å². The number of para-hydroxylation sites is 2. The second-order valence-corrected chi connectivity index (χ2v) is 6.62. The third kappa shape index (κ3) is 4.89. The van der Waals surface area contributed by atoms with Gasteiger partial charge in [-0.15, -0.1) is 0 Å². The molecule has 3 aromatic carbocycles. The van der Waals surface area contributed by atoms with Crippen LogP contribution in [0.4, 0.5) is 0 Å². The zero-order valence-electron chi connectivity index (χ0n) is 17.5. The number of phenolic OH excluding ortho intramolecular Hbond substituents is 1. The molecule has 2 unspecified atom stereocenters. The Morgan fingerprint density at radius 1 is 0.667 bits per heavy atom. The number of rotatable bonds is 9. The van der Waals surface area contributed by atoms with Crippen LogP contribution in [-0.4, -0.2) is 32.5 Å². The highest BCUT2D eigenvalue weighted by molar-refractivity contribution is 5.44. The lowest BCUT2D eigenvalue weighted by Gasteiger charge is -2.27. The molecule has 0 heterocycles. The molecule has 3 aromatic rings. The summed E-state index contributed by atoms with van der Waals surface area (Å²) in [5.74, 6) is 3.06. The number of ether oxygens (including phenoxy) is 5. The standard InChI is InChI=1S/C24H26O6/c1-16(29-22-8-6-5-7-21(22)27-3)24(17-9-14-20(25)23(15-17)28-4)30-19-12-10-18(26-2)11-13-19/h5-16,24-25H,1-4H3. The van der Waals surface area contributed by atoms with E-state index in [1.165, 1.54) is 7.11 Å². The van der Waals surface area contributed by atoms with Gasteiger partial charge in [0.1, 0.15) is 17.6 Å². The van der Waals surface area contributed by atoms with Crippen molar-refractivity contribution < 1.29 is 28.8 Å². The SMILES string of the molecule is COc1ccc(OC(c2ccc(O)c(OC)c2)C(C)Oc2ccccc2OC)cc1. The van der Waals surface area contributed by atoms with Crippen LogP contribution >= 0.6 is 0 Å². The van der Waals surface area contributed by atoms with E-state index in [1.807, 2.05) is 55.5 Å². The van der Waals surface area contributed by atoms with Crippen LogP contribution in [0.3, 0.4) is 0 Å². The zero-order chi connectivity index (χ0) is 21.5. The maximum absolute atomic E-state index is 9.98. The molecule has 0 aliphatic rings. The van der Waals surface area contributed by atoms with Crippen LogP contribution < -0.4 is 23.7 Å². The van der Waals surface area contributed by atoms with Gasteiger partial charge in [0.25, 0.3) is 0 Å². The van der Waals surface area contributed by atoms with Crippen LogP contribution in [0.2, 0.25) is 0 Å². The smallest absolute Gasteiger partial charge is 0.161 e. The van der Waals surface area contributed by atoms with Gasteiger partial charge in [0.05, 0.1) is 21.3 Å². The van der Waals surface area contributed by atoms with E-state index in [-0.39, 0.29) is 5.75 Å². The van der Waals surface area contributed by atoms with Gasteiger partial charge in [0, 0.05) is 5.56 Å². The normalized spacial score (nSPS) is 12.5. The predicted molar refractivity (Wildman–Crippen MR) is 114 cm³/mol. The average molecular weight is 410 g/mol. The molecule has 0 saturated carbocycles. The monoisotopic (exact) mass is 410 g/mol. The van der Waals surface area contributed by atoms with Crippen molar-refractivity contribution in [1.29, 1.82) is 0 Å². The van der Waals surface area contributed by atoms with Gasteiger partial charge < -0.3 is 28.8 Å². The lowest BCUT2D eigenvalue weighted by atomic mass is 10.0. The summed E-state index contributed by atoms with van der Waals surface area (Å²) in [5, 5.41) is 9.98. The minimum atomic E-state index is -0.488. The fourth-order valence-electron chi connectivity index (χ4n) is 3.09. The summed E-state index contributed by atoms with van der Waals surface area (Å²) in [4.78, 5) is 0. The minimum absolute atomic E-state index is 0.0581. The van der Waals surface area contributed by atoms with Crippen molar-refractivity contribution in [3.05, 3.63) is 72.3 Å². The molecule has 6 nitrogen and oxygen atoms in total. The van der Waals surface area contributed by atoms with Crippen molar-refractivity contribution in [2.75, 3.05) is 21.3 Å². The molecule has 0 aliphatic heterocycles. The van der Waals surface area contributed by atoms with E-state index in [2.05, 4.69) is 0 Å². The number of hydrogen-bond acceptors (Lipinski definition) is 6. The number of aromatic hydroxyl groups is 1. The molecule has 0 amide bonds. The summed E-state index contributed by atoms with van der Waals surface area (Å²) >= 11 is 0. The summed E-state index contributed by atoms with van der Waals surface area (Å²) in [6.45, 7) is 1.92.